The monoisotopic (exact) mass is 325 g/mol. The molecule has 0 unspecified atom stereocenters. The smallest absolute Gasteiger partial charge is 0.234 e. The number of carbonyl (C=O) groups excluding carboxylic acids is 1. The Morgan fingerprint density at radius 3 is 3.14 bits per heavy atom. The van der Waals surface area contributed by atoms with Gasteiger partial charge in [0.2, 0.25) is 5.91 Å². The summed E-state index contributed by atoms with van der Waals surface area (Å²) in [5.41, 5.74) is 2.73. The first-order valence-electron chi connectivity index (χ1n) is 7.89. The molecule has 7 heteroatoms. The summed E-state index contributed by atoms with van der Waals surface area (Å²) in [6, 6.07) is 0.0301. The van der Waals surface area contributed by atoms with Crippen LogP contribution in [0.15, 0.2) is 10.9 Å². The van der Waals surface area contributed by atoms with Gasteiger partial charge in [-0.15, -0.1) is 11.3 Å². The predicted molar refractivity (Wildman–Crippen MR) is 83.7 cm³/mol. The summed E-state index contributed by atoms with van der Waals surface area (Å²) >= 11 is 1.56. The average molecular weight is 325 g/mol. The molecule has 1 aromatic heterocycles. The third kappa shape index (κ3) is 4.49. The number of thiazole rings is 1. The van der Waals surface area contributed by atoms with Crippen molar-refractivity contribution in [3.8, 4) is 0 Å². The van der Waals surface area contributed by atoms with Gasteiger partial charge in [-0.2, -0.15) is 0 Å². The van der Waals surface area contributed by atoms with Crippen molar-refractivity contribution in [2.24, 2.45) is 0 Å². The van der Waals surface area contributed by atoms with E-state index in [0.717, 1.165) is 25.2 Å². The molecule has 2 atom stereocenters. The summed E-state index contributed by atoms with van der Waals surface area (Å²) in [5.74, 6) is 0.0936. The predicted octanol–water partition coefficient (Wildman–Crippen LogP) is 1.03. The van der Waals surface area contributed by atoms with Crippen LogP contribution in [0.5, 0.6) is 0 Å². The molecule has 0 radical (unpaired) electrons. The molecule has 2 aliphatic heterocycles. The third-order valence-corrected chi connectivity index (χ3v) is 4.78. The molecule has 6 nitrogen and oxygen atoms in total. The summed E-state index contributed by atoms with van der Waals surface area (Å²) in [6.07, 6.45) is 3.10. The number of nitrogens with one attached hydrogen (secondary N) is 1. The van der Waals surface area contributed by atoms with Gasteiger partial charge in [-0.25, -0.2) is 4.98 Å². The lowest BCUT2D eigenvalue weighted by molar-refractivity contribution is -0.127. The molecule has 0 aliphatic carbocycles. The van der Waals surface area contributed by atoms with E-state index in [2.05, 4.69) is 15.2 Å². The maximum absolute atomic E-state index is 12.2. The Morgan fingerprint density at radius 1 is 1.50 bits per heavy atom. The number of rotatable bonds is 6. The van der Waals surface area contributed by atoms with E-state index in [1.165, 1.54) is 12.8 Å². The van der Waals surface area contributed by atoms with E-state index in [9.17, 15) is 4.79 Å². The molecule has 1 aromatic rings. The quantitative estimate of drug-likeness (QED) is 0.846. The highest BCUT2D eigenvalue weighted by Gasteiger charge is 2.28. The second kappa shape index (κ2) is 8.01. The van der Waals surface area contributed by atoms with Crippen LogP contribution >= 0.6 is 11.3 Å². The van der Waals surface area contributed by atoms with Gasteiger partial charge in [0.1, 0.15) is 6.10 Å². The SMILES string of the molecule is O=C(CN1CCCC1)N[C@@H]1CCOC[C@H]1OCc1cscn1. The lowest BCUT2D eigenvalue weighted by Gasteiger charge is -2.32. The van der Waals surface area contributed by atoms with Gasteiger partial charge < -0.3 is 14.8 Å². The van der Waals surface area contributed by atoms with Crippen molar-refractivity contribution in [3.05, 3.63) is 16.6 Å². The van der Waals surface area contributed by atoms with Gasteiger partial charge in [-0.1, -0.05) is 0 Å². The molecule has 0 bridgehead atoms. The summed E-state index contributed by atoms with van der Waals surface area (Å²) in [5, 5.41) is 5.10. The average Bonchev–Trinajstić information content (AvgIpc) is 3.19. The fraction of sp³-hybridized carbons (Fsp3) is 0.733. The molecule has 1 amide bonds. The van der Waals surface area contributed by atoms with Crippen LogP contribution < -0.4 is 5.32 Å². The lowest BCUT2D eigenvalue weighted by atomic mass is 10.1. The molecular formula is C15H23N3O3S. The van der Waals surface area contributed by atoms with Crippen LogP contribution in [0.25, 0.3) is 0 Å². The zero-order valence-electron chi connectivity index (χ0n) is 12.7. The van der Waals surface area contributed by atoms with Crippen molar-refractivity contribution in [3.63, 3.8) is 0 Å². The van der Waals surface area contributed by atoms with E-state index in [1.807, 2.05) is 5.38 Å². The number of likely N-dealkylation sites (tertiary alicyclic amines) is 1. The number of amides is 1. The molecule has 1 N–H and O–H groups in total. The first-order chi connectivity index (χ1) is 10.8. The summed E-state index contributed by atoms with van der Waals surface area (Å²) in [4.78, 5) is 18.6. The van der Waals surface area contributed by atoms with Gasteiger partial charge >= 0.3 is 0 Å². The van der Waals surface area contributed by atoms with E-state index in [1.54, 1.807) is 16.8 Å². The first kappa shape index (κ1) is 15.9. The maximum Gasteiger partial charge on any atom is 0.234 e. The molecule has 122 valence electrons. The molecule has 22 heavy (non-hydrogen) atoms. The minimum atomic E-state index is -0.0991. The van der Waals surface area contributed by atoms with Crippen LogP contribution in [0.4, 0.5) is 0 Å². The Kier molecular flexibility index (Phi) is 5.77. The van der Waals surface area contributed by atoms with Crippen molar-refractivity contribution in [1.29, 1.82) is 0 Å². The van der Waals surface area contributed by atoms with E-state index in [0.29, 0.717) is 26.4 Å². The van der Waals surface area contributed by atoms with Crippen LogP contribution in [0.3, 0.4) is 0 Å². The van der Waals surface area contributed by atoms with Gasteiger partial charge in [0.25, 0.3) is 0 Å². The second-order valence-electron chi connectivity index (χ2n) is 5.85. The van der Waals surface area contributed by atoms with Gasteiger partial charge in [-0.3, -0.25) is 9.69 Å². The van der Waals surface area contributed by atoms with Crippen LogP contribution in [0.1, 0.15) is 25.0 Å². The molecule has 0 saturated carbocycles. The molecule has 0 aromatic carbocycles. The van der Waals surface area contributed by atoms with Gasteiger partial charge in [-0.05, 0) is 32.4 Å². The normalized spacial score (nSPS) is 26.2. The summed E-state index contributed by atoms with van der Waals surface area (Å²) < 4.78 is 11.4. The number of ether oxygens (including phenoxy) is 2. The maximum atomic E-state index is 12.2. The molecular weight excluding hydrogens is 302 g/mol. The topological polar surface area (TPSA) is 63.7 Å². The second-order valence-corrected chi connectivity index (χ2v) is 6.57. The fourth-order valence-corrected chi connectivity index (χ4v) is 3.48. The third-order valence-electron chi connectivity index (χ3n) is 4.15. The number of carbonyl (C=O) groups is 1. The number of aromatic nitrogens is 1. The highest BCUT2D eigenvalue weighted by atomic mass is 32.1. The van der Waals surface area contributed by atoms with Gasteiger partial charge in [0.15, 0.2) is 0 Å². The van der Waals surface area contributed by atoms with E-state index < -0.39 is 0 Å². The van der Waals surface area contributed by atoms with Gasteiger partial charge in [0, 0.05) is 12.0 Å². The summed E-state index contributed by atoms with van der Waals surface area (Å²) in [7, 11) is 0. The van der Waals surface area contributed by atoms with Gasteiger partial charge in [0.05, 0.1) is 37.0 Å². The molecule has 3 rings (SSSR count). The van der Waals surface area contributed by atoms with Crippen molar-refractivity contribution < 1.29 is 14.3 Å². The van der Waals surface area contributed by atoms with Crippen molar-refractivity contribution >= 4 is 17.2 Å². The zero-order valence-corrected chi connectivity index (χ0v) is 13.5. The number of hydrogen-bond donors (Lipinski definition) is 1. The minimum Gasteiger partial charge on any atom is -0.379 e. The van der Waals surface area contributed by atoms with Crippen molar-refractivity contribution in [2.45, 2.75) is 38.0 Å². The van der Waals surface area contributed by atoms with Crippen molar-refractivity contribution in [1.82, 2.24) is 15.2 Å². The van der Waals surface area contributed by atoms with Crippen molar-refractivity contribution in [2.75, 3.05) is 32.8 Å². The Morgan fingerprint density at radius 2 is 2.36 bits per heavy atom. The van der Waals surface area contributed by atoms with Crippen LogP contribution in [0, 0.1) is 0 Å². The van der Waals surface area contributed by atoms with E-state index in [4.69, 9.17) is 9.47 Å². The lowest BCUT2D eigenvalue weighted by Crippen LogP contribution is -2.51. The standard InChI is InChI=1S/C15H23N3O3S/c19-15(7-18-4-1-2-5-18)17-13-3-6-20-9-14(13)21-8-12-10-22-11-16-12/h10-11,13-14H,1-9H2,(H,17,19)/t13-,14-/m1/s1. The van der Waals surface area contributed by atoms with E-state index >= 15 is 0 Å². The minimum absolute atomic E-state index is 0.0301. The first-order valence-corrected chi connectivity index (χ1v) is 8.83. The van der Waals surface area contributed by atoms with Crippen LogP contribution in [-0.2, 0) is 20.9 Å². The Bertz CT molecular complexity index is 463. The highest BCUT2D eigenvalue weighted by Crippen LogP contribution is 2.14. The number of nitrogens with zero attached hydrogens (tertiary/aromatic N) is 2. The largest absolute Gasteiger partial charge is 0.379 e. The molecule has 2 fully saturated rings. The molecule has 2 saturated heterocycles. The highest BCUT2D eigenvalue weighted by molar-refractivity contribution is 7.07. The number of hydrogen-bond acceptors (Lipinski definition) is 6. The molecule has 2 aliphatic rings. The fourth-order valence-electron chi connectivity index (χ4n) is 2.94. The Labute approximate surface area is 134 Å². The van der Waals surface area contributed by atoms with Crippen LogP contribution in [0.2, 0.25) is 0 Å². The van der Waals surface area contributed by atoms with E-state index in [-0.39, 0.29) is 18.1 Å². The Hall–Kier alpha value is -1.02. The molecule has 0 spiro atoms. The summed E-state index contributed by atoms with van der Waals surface area (Å²) in [6.45, 7) is 4.23. The Balaban J connectivity index is 1.47. The molecule has 3 heterocycles. The van der Waals surface area contributed by atoms with Crippen LogP contribution in [-0.4, -0.2) is 60.8 Å². The zero-order chi connectivity index (χ0) is 15.2.